The molecular weight excluding hydrogens is 218 g/mol. The molecule has 0 radical (unpaired) electrons. The van der Waals surface area contributed by atoms with Gasteiger partial charge in [-0.2, -0.15) is 4.98 Å². The Hall–Kier alpha value is -2.24. The molecular formula is C11H13N5O. The molecule has 17 heavy (non-hydrogen) atoms. The SMILES string of the molecule is CN(C)c1ncn(Cc2ccccn2)c(=O)n1. The normalized spacial score (nSPS) is 10.2. The summed E-state index contributed by atoms with van der Waals surface area (Å²) in [6.45, 7) is 0.382. The second-order valence-electron chi connectivity index (χ2n) is 3.78. The third-order valence-electron chi connectivity index (χ3n) is 2.21. The van der Waals surface area contributed by atoms with Crippen LogP contribution in [0.1, 0.15) is 5.69 Å². The van der Waals surface area contributed by atoms with Crippen molar-refractivity contribution >= 4 is 5.95 Å². The molecule has 0 bridgehead atoms. The second kappa shape index (κ2) is 4.73. The van der Waals surface area contributed by atoms with Gasteiger partial charge in [-0.3, -0.25) is 9.55 Å². The van der Waals surface area contributed by atoms with Gasteiger partial charge in [0.25, 0.3) is 0 Å². The fourth-order valence-electron chi connectivity index (χ4n) is 1.34. The van der Waals surface area contributed by atoms with Crippen molar-refractivity contribution in [3.8, 4) is 0 Å². The van der Waals surface area contributed by atoms with E-state index in [0.717, 1.165) is 5.69 Å². The zero-order valence-corrected chi connectivity index (χ0v) is 9.74. The monoisotopic (exact) mass is 231 g/mol. The van der Waals surface area contributed by atoms with Crippen LogP contribution < -0.4 is 10.6 Å². The van der Waals surface area contributed by atoms with E-state index in [1.807, 2.05) is 18.2 Å². The molecule has 2 aromatic heterocycles. The number of hydrogen-bond acceptors (Lipinski definition) is 5. The zero-order chi connectivity index (χ0) is 12.3. The molecule has 2 rings (SSSR count). The number of aromatic nitrogens is 4. The van der Waals surface area contributed by atoms with E-state index in [0.29, 0.717) is 12.5 Å². The van der Waals surface area contributed by atoms with Crippen LogP contribution in [-0.4, -0.2) is 33.6 Å². The van der Waals surface area contributed by atoms with Gasteiger partial charge >= 0.3 is 5.69 Å². The van der Waals surface area contributed by atoms with Crippen molar-refractivity contribution in [1.82, 2.24) is 19.5 Å². The summed E-state index contributed by atoms with van der Waals surface area (Å²) in [7, 11) is 3.58. The fourth-order valence-corrected chi connectivity index (χ4v) is 1.34. The van der Waals surface area contributed by atoms with Gasteiger partial charge in [-0.25, -0.2) is 9.78 Å². The number of pyridine rings is 1. The van der Waals surface area contributed by atoms with E-state index in [4.69, 9.17) is 0 Å². The maximum atomic E-state index is 11.7. The van der Waals surface area contributed by atoms with Gasteiger partial charge in [0.2, 0.25) is 5.95 Å². The van der Waals surface area contributed by atoms with E-state index in [1.54, 1.807) is 25.2 Å². The zero-order valence-electron chi connectivity index (χ0n) is 9.74. The molecule has 0 atom stereocenters. The van der Waals surface area contributed by atoms with Crippen molar-refractivity contribution in [2.24, 2.45) is 0 Å². The molecule has 88 valence electrons. The summed E-state index contributed by atoms with van der Waals surface area (Å²) in [5, 5.41) is 0. The summed E-state index contributed by atoms with van der Waals surface area (Å²) in [6, 6.07) is 5.56. The Balaban J connectivity index is 2.26. The largest absolute Gasteiger partial charge is 0.352 e. The lowest BCUT2D eigenvalue weighted by atomic mass is 10.3. The van der Waals surface area contributed by atoms with Gasteiger partial charge in [0, 0.05) is 20.3 Å². The van der Waals surface area contributed by atoms with Crippen LogP contribution in [0.2, 0.25) is 0 Å². The van der Waals surface area contributed by atoms with Crippen LogP contribution in [-0.2, 0) is 6.54 Å². The molecule has 0 saturated heterocycles. The number of nitrogens with zero attached hydrogens (tertiary/aromatic N) is 5. The Labute approximate surface area is 98.6 Å². The molecule has 2 heterocycles. The van der Waals surface area contributed by atoms with Gasteiger partial charge < -0.3 is 4.90 Å². The third-order valence-corrected chi connectivity index (χ3v) is 2.21. The molecule has 2 aromatic rings. The number of anilines is 1. The standard InChI is InChI=1S/C11H13N5O/c1-15(2)10-13-8-16(11(17)14-10)7-9-5-3-4-6-12-9/h3-6,8H,7H2,1-2H3. The summed E-state index contributed by atoms with van der Waals surface area (Å²) < 4.78 is 1.43. The highest BCUT2D eigenvalue weighted by Gasteiger charge is 2.04. The van der Waals surface area contributed by atoms with Crippen molar-refractivity contribution in [2.75, 3.05) is 19.0 Å². The van der Waals surface area contributed by atoms with Crippen molar-refractivity contribution in [2.45, 2.75) is 6.54 Å². The molecule has 0 aliphatic carbocycles. The van der Waals surface area contributed by atoms with Gasteiger partial charge in [0.15, 0.2) is 0 Å². The first-order chi connectivity index (χ1) is 8.16. The molecule has 0 aliphatic heterocycles. The van der Waals surface area contributed by atoms with Gasteiger partial charge in [-0.1, -0.05) is 6.07 Å². The minimum Gasteiger partial charge on any atom is -0.347 e. The topological polar surface area (TPSA) is 63.9 Å². The van der Waals surface area contributed by atoms with Crippen LogP contribution >= 0.6 is 0 Å². The van der Waals surface area contributed by atoms with Crippen molar-refractivity contribution < 1.29 is 0 Å². The summed E-state index contributed by atoms with van der Waals surface area (Å²) in [5.41, 5.74) is 0.477. The summed E-state index contributed by atoms with van der Waals surface area (Å²) in [5.74, 6) is 0.410. The molecule has 0 aromatic carbocycles. The Morgan fingerprint density at radius 3 is 2.71 bits per heavy atom. The van der Waals surface area contributed by atoms with Crippen LogP contribution in [0.5, 0.6) is 0 Å². The van der Waals surface area contributed by atoms with E-state index < -0.39 is 0 Å². The molecule has 6 nitrogen and oxygen atoms in total. The average molecular weight is 231 g/mol. The van der Waals surface area contributed by atoms with Crippen molar-refractivity contribution in [3.05, 3.63) is 46.9 Å². The van der Waals surface area contributed by atoms with E-state index in [-0.39, 0.29) is 5.69 Å². The van der Waals surface area contributed by atoms with Crippen LogP contribution in [0.15, 0.2) is 35.5 Å². The van der Waals surface area contributed by atoms with Gasteiger partial charge in [-0.05, 0) is 12.1 Å². The Bertz CT molecular complexity index is 549. The highest BCUT2D eigenvalue weighted by molar-refractivity contribution is 5.23. The minimum absolute atomic E-state index is 0.325. The quantitative estimate of drug-likeness (QED) is 0.752. The lowest BCUT2D eigenvalue weighted by Gasteiger charge is -2.10. The van der Waals surface area contributed by atoms with Gasteiger partial charge in [0.05, 0.1) is 12.2 Å². The first-order valence-corrected chi connectivity index (χ1v) is 5.17. The molecule has 0 spiro atoms. The summed E-state index contributed by atoms with van der Waals surface area (Å²) in [4.78, 5) is 25.5. The Kier molecular flexibility index (Phi) is 3.13. The average Bonchev–Trinajstić information content (AvgIpc) is 2.33. The minimum atomic E-state index is -0.325. The Morgan fingerprint density at radius 1 is 1.29 bits per heavy atom. The van der Waals surface area contributed by atoms with Gasteiger partial charge in [0.1, 0.15) is 6.33 Å². The Morgan fingerprint density at radius 2 is 2.12 bits per heavy atom. The highest BCUT2D eigenvalue weighted by Crippen LogP contribution is 1.98. The van der Waals surface area contributed by atoms with Crippen molar-refractivity contribution in [1.29, 1.82) is 0 Å². The molecule has 0 saturated carbocycles. The van der Waals surface area contributed by atoms with Crippen LogP contribution in [0.3, 0.4) is 0 Å². The first-order valence-electron chi connectivity index (χ1n) is 5.17. The lowest BCUT2D eigenvalue weighted by molar-refractivity contribution is 0.683. The van der Waals surface area contributed by atoms with Crippen LogP contribution in [0.25, 0.3) is 0 Å². The summed E-state index contributed by atoms with van der Waals surface area (Å²) in [6.07, 6.45) is 3.18. The predicted molar refractivity (Wildman–Crippen MR) is 64.0 cm³/mol. The van der Waals surface area contributed by atoms with E-state index >= 15 is 0 Å². The third kappa shape index (κ3) is 2.66. The summed E-state index contributed by atoms with van der Waals surface area (Å²) >= 11 is 0. The van der Waals surface area contributed by atoms with Crippen LogP contribution in [0, 0.1) is 0 Å². The van der Waals surface area contributed by atoms with Gasteiger partial charge in [-0.15, -0.1) is 0 Å². The van der Waals surface area contributed by atoms with E-state index in [2.05, 4.69) is 15.0 Å². The molecule has 0 unspecified atom stereocenters. The number of rotatable bonds is 3. The maximum Gasteiger partial charge on any atom is 0.352 e. The number of hydrogen-bond donors (Lipinski definition) is 0. The second-order valence-corrected chi connectivity index (χ2v) is 3.78. The van der Waals surface area contributed by atoms with E-state index in [9.17, 15) is 4.79 Å². The lowest BCUT2D eigenvalue weighted by Crippen LogP contribution is -2.27. The van der Waals surface area contributed by atoms with E-state index in [1.165, 1.54) is 10.9 Å². The molecule has 6 heteroatoms. The van der Waals surface area contributed by atoms with Crippen LogP contribution in [0.4, 0.5) is 5.95 Å². The predicted octanol–water partition coefficient (Wildman–Crippen LogP) is 0.148. The maximum absolute atomic E-state index is 11.7. The first kappa shape index (κ1) is 11.3. The van der Waals surface area contributed by atoms with Crippen molar-refractivity contribution in [3.63, 3.8) is 0 Å². The smallest absolute Gasteiger partial charge is 0.347 e. The molecule has 0 N–H and O–H groups in total. The molecule has 0 amide bonds. The molecule has 0 aliphatic rings. The fraction of sp³-hybridized carbons (Fsp3) is 0.273. The highest BCUT2D eigenvalue weighted by atomic mass is 16.1. The molecule has 0 fully saturated rings.